The van der Waals surface area contributed by atoms with Crippen LogP contribution in [0.1, 0.15) is 0 Å². The van der Waals surface area contributed by atoms with Crippen LogP contribution in [0.15, 0.2) is 39.8 Å². The second-order valence-corrected chi connectivity index (χ2v) is 6.95. The van der Waals surface area contributed by atoms with Crippen LogP contribution in [0, 0.1) is 0 Å². The zero-order valence-corrected chi connectivity index (χ0v) is 15.9. The van der Waals surface area contributed by atoms with E-state index in [2.05, 4.69) is 9.88 Å². The van der Waals surface area contributed by atoms with Crippen LogP contribution in [0.4, 0.5) is 5.82 Å². The minimum Gasteiger partial charge on any atom is -0.496 e. The molecule has 1 aromatic heterocycles. The summed E-state index contributed by atoms with van der Waals surface area (Å²) in [4.78, 5) is -0.195. The number of anilines is 1. The molecule has 0 unspecified atom stereocenters. The number of sulfonamides is 1. The molecule has 0 atom stereocenters. The van der Waals surface area contributed by atoms with Gasteiger partial charge in [-0.25, -0.2) is 8.42 Å². The third kappa shape index (κ3) is 3.31. The standard InChI is InChI=1S/C17H18N2O7S/c1-22-10-8-13(24-3)16(14(9-10)25-4)27(20,21)19-17-15-11(23-2)6-5-7-12(15)26-18-17/h5-9H,1-4H3,(H,18,19). The average molecular weight is 394 g/mol. The third-order valence-electron chi connectivity index (χ3n) is 3.85. The Labute approximate surface area is 155 Å². The Morgan fingerprint density at radius 2 is 1.56 bits per heavy atom. The number of benzene rings is 2. The highest BCUT2D eigenvalue weighted by Crippen LogP contribution is 2.40. The fourth-order valence-electron chi connectivity index (χ4n) is 2.62. The predicted molar refractivity (Wildman–Crippen MR) is 97.5 cm³/mol. The van der Waals surface area contributed by atoms with E-state index in [1.807, 2.05) is 0 Å². The molecule has 3 rings (SSSR count). The van der Waals surface area contributed by atoms with Crippen LogP contribution in [0.2, 0.25) is 0 Å². The molecular weight excluding hydrogens is 376 g/mol. The molecule has 0 amide bonds. The number of nitrogens with one attached hydrogen (secondary N) is 1. The summed E-state index contributed by atoms with van der Waals surface area (Å²) in [5.41, 5.74) is 0.376. The lowest BCUT2D eigenvalue weighted by atomic mass is 10.2. The molecule has 0 saturated heterocycles. The molecule has 0 saturated carbocycles. The Kier molecular flexibility index (Phi) is 5.00. The van der Waals surface area contributed by atoms with Crippen molar-refractivity contribution in [3.05, 3.63) is 30.3 Å². The SMILES string of the molecule is COc1cc(OC)c(S(=O)(=O)Nc2noc3cccc(OC)c23)c(OC)c1. The molecule has 0 fully saturated rings. The first-order valence-electron chi connectivity index (χ1n) is 7.70. The van der Waals surface area contributed by atoms with E-state index in [0.717, 1.165) is 0 Å². The van der Waals surface area contributed by atoms with Gasteiger partial charge in [-0.3, -0.25) is 4.72 Å². The number of aromatic nitrogens is 1. The third-order valence-corrected chi connectivity index (χ3v) is 5.25. The molecular formula is C17H18N2O7S. The summed E-state index contributed by atoms with van der Waals surface area (Å²) in [6.45, 7) is 0. The van der Waals surface area contributed by atoms with Gasteiger partial charge in [-0.15, -0.1) is 0 Å². The van der Waals surface area contributed by atoms with E-state index in [1.165, 1.54) is 40.6 Å². The van der Waals surface area contributed by atoms with Gasteiger partial charge in [0, 0.05) is 12.1 Å². The number of rotatable bonds is 7. The second-order valence-electron chi connectivity index (χ2n) is 5.33. The van der Waals surface area contributed by atoms with E-state index < -0.39 is 10.0 Å². The zero-order valence-electron chi connectivity index (χ0n) is 15.1. The fourth-order valence-corrected chi connectivity index (χ4v) is 3.93. The predicted octanol–water partition coefficient (Wildman–Crippen LogP) is 2.66. The molecule has 2 aromatic carbocycles. The van der Waals surface area contributed by atoms with Crippen molar-refractivity contribution in [3.63, 3.8) is 0 Å². The van der Waals surface area contributed by atoms with Gasteiger partial charge in [-0.2, -0.15) is 0 Å². The number of hydrogen-bond donors (Lipinski definition) is 1. The van der Waals surface area contributed by atoms with Crippen LogP contribution >= 0.6 is 0 Å². The van der Waals surface area contributed by atoms with Gasteiger partial charge < -0.3 is 23.5 Å². The average Bonchev–Trinajstić information content (AvgIpc) is 3.08. The lowest BCUT2D eigenvalue weighted by Gasteiger charge is -2.15. The van der Waals surface area contributed by atoms with Crippen LogP contribution in [0.25, 0.3) is 11.0 Å². The molecule has 1 heterocycles. The van der Waals surface area contributed by atoms with Crippen molar-refractivity contribution in [3.8, 4) is 23.0 Å². The first-order valence-corrected chi connectivity index (χ1v) is 9.18. The zero-order chi connectivity index (χ0) is 19.6. The lowest BCUT2D eigenvalue weighted by molar-refractivity contribution is 0.359. The minimum atomic E-state index is -4.14. The first kappa shape index (κ1) is 18.6. The van der Waals surface area contributed by atoms with E-state index in [4.69, 9.17) is 23.5 Å². The maximum atomic E-state index is 13.1. The highest BCUT2D eigenvalue weighted by atomic mass is 32.2. The Balaban J connectivity index is 2.14. The fraction of sp³-hybridized carbons (Fsp3) is 0.235. The second kappa shape index (κ2) is 7.23. The Hall–Kier alpha value is -3.14. The van der Waals surface area contributed by atoms with E-state index >= 15 is 0 Å². The molecule has 0 radical (unpaired) electrons. The summed E-state index contributed by atoms with van der Waals surface area (Å²) in [5, 5.41) is 4.21. The van der Waals surface area contributed by atoms with Crippen molar-refractivity contribution in [2.75, 3.05) is 33.2 Å². The highest BCUT2D eigenvalue weighted by Gasteiger charge is 2.28. The van der Waals surface area contributed by atoms with Gasteiger partial charge in [0.2, 0.25) is 0 Å². The largest absolute Gasteiger partial charge is 0.496 e. The molecule has 1 N–H and O–H groups in total. The van der Waals surface area contributed by atoms with Crippen molar-refractivity contribution in [2.24, 2.45) is 0 Å². The van der Waals surface area contributed by atoms with Crippen molar-refractivity contribution in [2.45, 2.75) is 4.90 Å². The minimum absolute atomic E-state index is 0.0117. The molecule has 144 valence electrons. The summed E-state index contributed by atoms with van der Waals surface area (Å²) >= 11 is 0. The summed E-state index contributed by atoms with van der Waals surface area (Å²) in [6, 6.07) is 7.92. The van der Waals surface area contributed by atoms with Crippen molar-refractivity contribution in [1.29, 1.82) is 0 Å². The molecule has 0 aliphatic rings. The number of nitrogens with zero attached hydrogens (tertiary/aromatic N) is 1. The molecule has 27 heavy (non-hydrogen) atoms. The van der Waals surface area contributed by atoms with Gasteiger partial charge in [0.15, 0.2) is 16.3 Å². The van der Waals surface area contributed by atoms with Crippen LogP contribution in [-0.4, -0.2) is 42.0 Å². The van der Waals surface area contributed by atoms with Gasteiger partial charge in [0.1, 0.15) is 28.4 Å². The number of methoxy groups -OCH3 is 4. The van der Waals surface area contributed by atoms with Crippen molar-refractivity contribution < 1.29 is 31.9 Å². The molecule has 3 aromatic rings. The quantitative estimate of drug-likeness (QED) is 0.651. The van der Waals surface area contributed by atoms with Crippen LogP contribution in [0.5, 0.6) is 23.0 Å². The number of hydrogen-bond acceptors (Lipinski definition) is 8. The lowest BCUT2D eigenvalue weighted by Crippen LogP contribution is -2.16. The van der Waals surface area contributed by atoms with Gasteiger partial charge in [0.05, 0.1) is 28.4 Å². The molecule has 9 nitrogen and oxygen atoms in total. The highest BCUT2D eigenvalue weighted by molar-refractivity contribution is 7.93. The van der Waals surface area contributed by atoms with Gasteiger partial charge in [0.25, 0.3) is 10.0 Å². The molecule has 0 spiro atoms. The Morgan fingerprint density at radius 3 is 2.11 bits per heavy atom. The summed E-state index contributed by atoms with van der Waals surface area (Å²) in [6.07, 6.45) is 0. The van der Waals surface area contributed by atoms with E-state index in [-0.39, 0.29) is 22.2 Å². The first-order chi connectivity index (χ1) is 12.9. The Morgan fingerprint density at radius 1 is 0.926 bits per heavy atom. The normalized spacial score (nSPS) is 11.3. The van der Waals surface area contributed by atoms with E-state index in [1.54, 1.807) is 18.2 Å². The molecule has 0 aliphatic heterocycles. The summed E-state index contributed by atoms with van der Waals surface area (Å²) in [7, 11) is 1.47. The van der Waals surface area contributed by atoms with Crippen molar-refractivity contribution in [1.82, 2.24) is 5.16 Å². The maximum absolute atomic E-state index is 13.1. The topological polar surface area (TPSA) is 109 Å². The van der Waals surface area contributed by atoms with Gasteiger partial charge >= 0.3 is 0 Å². The van der Waals surface area contributed by atoms with Crippen LogP contribution < -0.4 is 23.7 Å². The summed E-state index contributed by atoms with van der Waals surface area (Å²) < 4.78 is 54.6. The summed E-state index contributed by atoms with van der Waals surface area (Å²) in [5.74, 6) is 0.899. The smallest absolute Gasteiger partial charge is 0.270 e. The van der Waals surface area contributed by atoms with E-state index in [0.29, 0.717) is 22.5 Å². The maximum Gasteiger partial charge on any atom is 0.270 e. The molecule has 10 heteroatoms. The van der Waals surface area contributed by atoms with E-state index in [9.17, 15) is 8.42 Å². The number of fused-ring (bicyclic) bond motifs is 1. The van der Waals surface area contributed by atoms with Crippen molar-refractivity contribution >= 4 is 26.8 Å². The Bertz CT molecular complexity index is 1050. The van der Waals surface area contributed by atoms with Crippen LogP contribution in [-0.2, 0) is 10.0 Å². The van der Waals surface area contributed by atoms with Crippen LogP contribution in [0.3, 0.4) is 0 Å². The monoisotopic (exact) mass is 394 g/mol. The molecule has 0 aliphatic carbocycles. The molecule has 0 bridgehead atoms. The number of ether oxygens (including phenoxy) is 4. The van der Waals surface area contributed by atoms with Gasteiger partial charge in [-0.1, -0.05) is 11.2 Å². The van der Waals surface area contributed by atoms with Gasteiger partial charge in [-0.05, 0) is 12.1 Å².